The van der Waals surface area contributed by atoms with Gasteiger partial charge in [0.25, 0.3) is 0 Å². The Balaban J connectivity index is 1.71. The van der Waals surface area contributed by atoms with Crippen molar-refractivity contribution >= 4 is 12.2 Å². The number of carbonyl (C=O) groups excluding carboxylic acids is 1. The Morgan fingerprint density at radius 2 is 2.08 bits per heavy atom. The van der Waals surface area contributed by atoms with Gasteiger partial charge in [-0.15, -0.1) is 0 Å². The number of amides is 2. The van der Waals surface area contributed by atoms with E-state index in [-0.39, 0.29) is 0 Å². The van der Waals surface area contributed by atoms with Crippen molar-refractivity contribution in [1.29, 1.82) is 0 Å². The third-order valence-electron chi connectivity index (χ3n) is 4.16. The molecule has 6 heteroatoms. The number of nitrogens with zero attached hydrogens (tertiary/aromatic N) is 1. The summed E-state index contributed by atoms with van der Waals surface area (Å²) in [6.07, 6.45) is 5.01. The van der Waals surface area contributed by atoms with Gasteiger partial charge in [-0.25, -0.2) is 10.2 Å². The van der Waals surface area contributed by atoms with E-state index >= 15 is 0 Å². The van der Waals surface area contributed by atoms with Gasteiger partial charge in [0.2, 0.25) is 0 Å². The predicted octanol–water partition coefficient (Wildman–Crippen LogP) is 2.77. The first kappa shape index (κ1) is 16.8. The van der Waals surface area contributed by atoms with Gasteiger partial charge in [-0.2, -0.15) is 5.10 Å². The number of ether oxygens (including phenoxy) is 2. The van der Waals surface area contributed by atoms with Crippen LogP contribution in [0.25, 0.3) is 0 Å². The SMILES string of the molecule is COc1ccc(C=NNC(N)=O)cc1COc1ccc2c(c1)CCC2. The molecular formula is C19H21N3O3. The fourth-order valence-corrected chi connectivity index (χ4v) is 2.96. The van der Waals surface area contributed by atoms with Crippen molar-refractivity contribution in [2.45, 2.75) is 25.9 Å². The molecule has 3 rings (SSSR count). The van der Waals surface area contributed by atoms with Gasteiger partial charge in [-0.3, -0.25) is 0 Å². The number of urea groups is 1. The standard InChI is InChI=1S/C19H21N3O3/c1-24-18-8-5-13(11-21-22-19(20)23)9-16(18)12-25-17-7-6-14-3-2-4-15(14)10-17/h5-11H,2-4,12H2,1H3,(H3,20,22,23). The van der Waals surface area contributed by atoms with Gasteiger partial charge in [0.15, 0.2) is 0 Å². The minimum atomic E-state index is -0.704. The molecule has 0 fully saturated rings. The molecular weight excluding hydrogens is 318 g/mol. The lowest BCUT2D eigenvalue weighted by Gasteiger charge is -2.12. The number of nitrogens with two attached hydrogens (primary N) is 1. The van der Waals surface area contributed by atoms with Gasteiger partial charge in [0.05, 0.1) is 13.3 Å². The molecule has 3 N–H and O–H groups in total. The second-order valence-corrected chi connectivity index (χ2v) is 5.88. The highest BCUT2D eigenvalue weighted by atomic mass is 16.5. The van der Waals surface area contributed by atoms with Crippen molar-refractivity contribution in [3.63, 3.8) is 0 Å². The largest absolute Gasteiger partial charge is 0.496 e. The van der Waals surface area contributed by atoms with Gasteiger partial charge < -0.3 is 15.2 Å². The van der Waals surface area contributed by atoms with E-state index in [4.69, 9.17) is 15.2 Å². The van der Waals surface area contributed by atoms with Gasteiger partial charge >= 0.3 is 6.03 Å². The number of hydrogen-bond acceptors (Lipinski definition) is 4. The van der Waals surface area contributed by atoms with Crippen LogP contribution in [-0.4, -0.2) is 19.4 Å². The Morgan fingerprint density at radius 3 is 2.88 bits per heavy atom. The Bertz CT molecular complexity index is 802. The van der Waals surface area contributed by atoms with E-state index in [1.165, 1.54) is 23.8 Å². The third kappa shape index (κ3) is 4.29. The first-order valence-electron chi connectivity index (χ1n) is 8.16. The first-order chi connectivity index (χ1) is 12.2. The molecule has 1 aliphatic rings. The van der Waals surface area contributed by atoms with E-state index in [0.717, 1.165) is 35.5 Å². The van der Waals surface area contributed by atoms with E-state index in [9.17, 15) is 4.79 Å². The van der Waals surface area contributed by atoms with Crippen LogP contribution in [0, 0.1) is 0 Å². The summed E-state index contributed by atoms with van der Waals surface area (Å²) in [6, 6.07) is 11.2. The molecule has 6 nitrogen and oxygen atoms in total. The first-order valence-corrected chi connectivity index (χ1v) is 8.16. The Hall–Kier alpha value is -3.02. The molecule has 0 aliphatic heterocycles. The van der Waals surface area contributed by atoms with E-state index in [1.807, 2.05) is 24.3 Å². The highest BCUT2D eigenvalue weighted by molar-refractivity contribution is 5.82. The predicted molar refractivity (Wildman–Crippen MR) is 96.1 cm³/mol. The van der Waals surface area contributed by atoms with Gasteiger partial charge in [-0.05, 0) is 66.3 Å². The van der Waals surface area contributed by atoms with Crippen molar-refractivity contribution in [2.24, 2.45) is 10.8 Å². The van der Waals surface area contributed by atoms with Crippen LogP contribution in [0.5, 0.6) is 11.5 Å². The molecule has 0 saturated heterocycles. The normalized spacial score (nSPS) is 12.8. The summed E-state index contributed by atoms with van der Waals surface area (Å²) in [6.45, 7) is 0.382. The average molecular weight is 339 g/mol. The second-order valence-electron chi connectivity index (χ2n) is 5.88. The van der Waals surface area contributed by atoms with E-state index in [0.29, 0.717) is 6.61 Å². The van der Waals surface area contributed by atoms with Crippen LogP contribution in [0.1, 0.15) is 28.7 Å². The molecule has 0 unspecified atom stereocenters. The van der Waals surface area contributed by atoms with Crippen LogP contribution in [0.15, 0.2) is 41.5 Å². The highest BCUT2D eigenvalue weighted by Crippen LogP contribution is 2.27. The number of rotatable bonds is 6. The van der Waals surface area contributed by atoms with E-state index < -0.39 is 6.03 Å². The summed E-state index contributed by atoms with van der Waals surface area (Å²) < 4.78 is 11.3. The summed E-state index contributed by atoms with van der Waals surface area (Å²) in [4.78, 5) is 10.7. The molecule has 0 atom stereocenters. The Labute approximate surface area is 146 Å². The van der Waals surface area contributed by atoms with Crippen LogP contribution in [0.4, 0.5) is 4.79 Å². The maximum absolute atomic E-state index is 10.7. The van der Waals surface area contributed by atoms with Crippen LogP contribution in [-0.2, 0) is 19.4 Å². The molecule has 2 aromatic rings. The molecule has 0 aromatic heterocycles. The minimum absolute atomic E-state index is 0.382. The zero-order valence-electron chi connectivity index (χ0n) is 14.1. The lowest BCUT2D eigenvalue weighted by molar-refractivity contribution is 0.249. The van der Waals surface area contributed by atoms with Crippen molar-refractivity contribution in [3.05, 3.63) is 58.7 Å². The molecule has 25 heavy (non-hydrogen) atoms. The lowest BCUT2D eigenvalue weighted by atomic mass is 10.1. The second kappa shape index (κ2) is 7.70. The summed E-state index contributed by atoms with van der Waals surface area (Å²) >= 11 is 0. The van der Waals surface area contributed by atoms with Crippen molar-refractivity contribution < 1.29 is 14.3 Å². The summed E-state index contributed by atoms with van der Waals surface area (Å²) in [5.41, 5.74) is 11.6. The molecule has 0 radical (unpaired) electrons. The van der Waals surface area contributed by atoms with E-state index in [2.05, 4.69) is 22.7 Å². The Kier molecular flexibility index (Phi) is 5.18. The number of methoxy groups -OCH3 is 1. The Morgan fingerprint density at radius 1 is 1.24 bits per heavy atom. The topological polar surface area (TPSA) is 85.9 Å². The van der Waals surface area contributed by atoms with Gasteiger partial charge in [-0.1, -0.05) is 6.07 Å². The van der Waals surface area contributed by atoms with Gasteiger partial charge in [0, 0.05) is 5.56 Å². The summed E-state index contributed by atoms with van der Waals surface area (Å²) in [5.74, 6) is 1.60. The summed E-state index contributed by atoms with van der Waals surface area (Å²) in [7, 11) is 1.62. The fraction of sp³-hybridized carbons (Fsp3) is 0.263. The lowest BCUT2D eigenvalue weighted by Crippen LogP contribution is -2.24. The number of nitrogens with one attached hydrogen (secondary N) is 1. The van der Waals surface area contributed by atoms with Crippen LogP contribution >= 0.6 is 0 Å². The van der Waals surface area contributed by atoms with E-state index in [1.54, 1.807) is 7.11 Å². The molecule has 1 aliphatic carbocycles. The zero-order valence-corrected chi connectivity index (χ0v) is 14.1. The molecule has 2 aromatic carbocycles. The summed E-state index contributed by atoms with van der Waals surface area (Å²) in [5, 5.41) is 3.76. The molecule has 0 spiro atoms. The van der Waals surface area contributed by atoms with Gasteiger partial charge in [0.1, 0.15) is 18.1 Å². The number of hydrogen-bond donors (Lipinski definition) is 2. The maximum atomic E-state index is 10.7. The molecule has 0 heterocycles. The smallest absolute Gasteiger partial charge is 0.332 e. The molecule has 2 amide bonds. The minimum Gasteiger partial charge on any atom is -0.496 e. The van der Waals surface area contributed by atoms with Crippen molar-refractivity contribution in [1.82, 2.24) is 5.43 Å². The molecule has 0 saturated carbocycles. The number of benzene rings is 2. The third-order valence-corrected chi connectivity index (χ3v) is 4.16. The van der Waals surface area contributed by atoms with Crippen LogP contribution in [0.2, 0.25) is 0 Å². The maximum Gasteiger partial charge on any atom is 0.332 e. The number of hydrazone groups is 1. The zero-order chi connectivity index (χ0) is 17.6. The fourth-order valence-electron chi connectivity index (χ4n) is 2.96. The van der Waals surface area contributed by atoms with Crippen molar-refractivity contribution in [3.8, 4) is 11.5 Å². The molecule has 0 bridgehead atoms. The number of primary amides is 1. The highest BCUT2D eigenvalue weighted by Gasteiger charge is 2.12. The van der Waals surface area contributed by atoms with Crippen LogP contribution in [0.3, 0.4) is 0 Å². The monoisotopic (exact) mass is 339 g/mol. The van der Waals surface area contributed by atoms with Crippen LogP contribution < -0.4 is 20.6 Å². The number of fused-ring (bicyclic) bond motifs is 1. The number of carbonyl (C=O) groups is 1. The quantitative estimate of drug-likeness (QED) is 0.627. The number of aryl methyl sites for hydroxylation is 2. The van der Waals surface area contributed by atoms with Crippen molar-refractivity contribution in [2.75, 3.05) is 7.11 Å². The molecule has 130 valence electrons. The average Bonchev–Trinajstić information content (AvgIpc) is 3.07.